The second kappa shape index (κ2) is 5.44. The Kier molecular flexibility index (Phi) is 3.81. The lowest BCUT2D eigenvalue weighted by Gasteiger charge is -2.13. The molecule has 0 radical (unpaired) electrons. The van der Waals surface area contributed by atoms with Crippen LogP contribution in [0.15, 0.2) is 31.5 Å². The van der Waals surface area contributed by atoms with Gasteiger partial charge in [-0.2, -0.15) is 8.73 Å². The van der Waals surface area contributed by atoms with E-state index in [0.717, 1.165) is 21.4 Å². The maximum atomic E-state index is 6.25. The summed E-state index contributed by atoms with van der Waals surface area (Å²) in [6.07, 6.45) is 1.72. The third-order valence-corrected chi connectivity index (χ3v) is 4.89. The summed E-state index contributed by atoms with van der Waals surface area (Å²) in [6.45, 7) is 1.99. The molecular weight excluding hydrogens is 383 g/mol. The average Bonchev–Trinajstić information content (AvgIpc) is 2.89. The van der Waals surface area contributed by atoms with Crippen LogP contribution < -0.4 is 5.32 Å². The first-order valence-electron chi connectivity index (χ1n) is 5.56. The van der Waals surface area contributed by atoms with E-state index in [-0.39, 0.29) is 0 Å². The number of anilines is 2. The molecule has 1 aliphatic rings. The Bertz CT molecular complexity index is 788. The minimum atomic E-state index is 0.477. The molecule has 0 atom stereocenters. The summed E-state index contributed by atoms with van der Waals surface area (Å²) in [5.74, 6) is 0.670. The van der Waals surface area contributed by atoms with E-state index in [0.29, 0.717) is 32.9 Å². The minimum absolute atomic E-state index is 0.477. The molecule has 2 aromatic rings. The Balaban J connectivity index is 2.11. The molecule has 2 heterocycles. The van der Waals surface area contributed by atoms with Gasteiger partial charge < -0.3 is 5.32 Å². The number of benzene rings is 1. The van der Waals surface area contributed by atoms with Gasteiger partial charge >= 0.3 is 0 Å². The quantitative estimate of drug-likeness (QED) is 0.590. The highest BCUT2D eigenvalue weighted by Gasteiger charge is 2.19. The van der Waals surface area contributed by atoms with Crippen molar-refractivity contribution in [2.75, 3.05) is 5.32 Å². The van der Waals surface area contributed by atoms with Crippen LogP contribution in [0, 0.1) is 6.92 Å². The van der Waals surface area contributed by atoms with E-state index >= 15 is 0 Å². The first kappa shape index (κ1) is 14.0. The number of nitrogens with zero attached hydrogens (tertiary/aromatic N) is 3. The summed E-state index contributed by atoms with van der Waals surface area (Å²) in [5, 5.41) is 4.16. The number of rotatable bonds is 2. The van der Waals surface area contributed by atoms with Crippen molar-refractivity contribution in [3.8, 4) is 0 Å². The molecule has 0 aliphatic carbocycles. The Labute approximate surface area is 137 Å². The smallest absolute Gasteiger partial charge is 0.145 e. The predicted molar refractivity (Wildman–Crippen MR) is 88.0 cm³/mol. The normalized spacial score (nSPS) is 12.2. The van der Waals surface area contributed by atoms with Gasteiger partial charge in [0.15, 0.2) is 0 Å². The van der Waals surface area contributed by atoms with Gasteiger partial charge in [0.2, 0.25) is 0 Å². The van der Waals surface area contributed by atoms with Crippen LogP contribution in [0.3, 0.4) is 0 Å². The summed E-state index contributed by atoms with van der Waals surface area (Å²) < 4.78 is 9.29. The molecular formula is C12H7BrCl2N4S. The summed E-state index contributed by atoms with van der Waals surface area (Å²) in [4.78, 5) is 4.29. The van der Waals surface area contributed by atoms with E-state index in [2.05, 4.69) is 35.0 Å². The van der Waals surface area contributed by atoms with Crippen molar-refractivity contribution in [2.45, 2.75) is 6.92 Å². The van der Waals surface area contributed by atoms with Gasteiger partial charge in [-0.05, 0) is 40.5 Å². The van der Waals surface area contributed by atoms with Crippen molar-refractivity contribution < 1.29 is 0 Å². The summed E-state index contributed by atoms with van der Waals surface area (Å²) >= 11 is 17.0. The fourth-order valence-corrected chi connectivity index (χ4v) is 3.23. The van der Waals surface area contributed by atoms with Crippen LogP contribution in [0.1, 0.15) is 5.56 Å². The zero-order chi connectivity index (χ0) is 14.3. The summed E-state index contributed by atoms with van der Waals surface area (Å²) in [7, 11) is 0. The van der Waals surface area contributed by atoms with Crippen LogP contribution in [-0.2, 0) is 11.4 Å². The zero-order valence-electron chi connectivity index (χ0n) is 10.1. The van der Waals surface area contributed by atoms with E-state index < -0.39 is 0 Å². The van der Waals surface area contributed by atoms with Gasteiger partial charge in [-0.25, -0.2) is 4.98 Å². The molecule has 0 spiro atoms. The number of hydrogen-bond donors (Lipinski definition) is 1. The Morgan fingerprint density at radius 3 is 2.75 bits per heavy atom. The molecule has 3 rings (SSSR count). The van der Waals surface area contributed by atoms with Gasteiger partial charge in [-0.1, -0.05) is 23.2 Å². The lowest BCUT2D eigenvalue weighted by Crippen LogP contribution is -1.97. The van der Waals surface area contributed by atoms with Gasteiger partial charge in [-0.3, -0.25) is 0 Å². The number of aromatic nitrogens is 1. The molecule has 0 saturated carbocycles. The number of fused-ring (bicyclic) bond motifs is 1. The second-order valence-electron chi connectivity index (χ2n) is 4.09. The molecule has 20 heavy (non-hydrogen) atoms. The van der Waals surface area contributed by atoms with Gasteiger partial charge in [-0.15, -0.1) is 0 Å². The van der Waals surface area contributed by atoms with Gasteiger partial charge in [0.1, 0.15) is 17.2 Å². The molecule has 1 aromatic heterocycles. The van der Waals surface area contributed by atoms with Crippen LogP contribution in [0.4, 0.5) is 22.9 Å². The zero-order valence-corrected chi connectivity index (χ0v) is 14.0. The lowest BCUT2D eigenvalue weighted by atomic mass is 10.2. The van der Waals surface area contributed by atoms with Crippen molar-refractivity contribution >= 4 is 73.4 Å². The maximum absolute atomic E-state index is 6.25. The number of aryl methyl sites for hydroxylation is 1. The third kappa shape index (κ3) is 2.37. The van der Waals surface area contributed by atoms with Gasteiger partial charge in [0.25, 0.3) is 0 Å². The largest absolute Gasteiger partial charge is 0.336 e. The van der Waals surface area contributed by atoms with Crippen molar-refractivity contribution in [3.05, 3.63) is 38.4 Å². The van der Waals surface area contributed by atoms with Crippen molar-refractivity contribution in [3.63, 3.8) is 0 Å². The first-order valence-corrected chi connectivity index (χ1v) is 7.84. The standard InChI is InChI=1S/C12H7BrCl2N4S/c1-5-2-3-16-12(8(5)13)17-9-6(14)4-7(15)10-11(9)19-20-18-10/h2-4H,1H3,(H,16,17). The van der Waals surface area contributed by atoms with Crippen molar-refractivity contribution in [1.82, 2.24) is 4.98 Å². The molecule has 0 bridgehead atoms. The van der Waals surface area contributed by atoms with Crippen LogP contribution in [0.2, 0.25) is 10.0 Å². The summed E-state index contributed by atoms with van der Waals surface area (Å²) in [5.41, 5.74) is 2.99. The van der Waals surface area contributed by atoms with Crippen molar-refractivity contribution in [1.29, 1.82) is 0 Å². The van der Waals surface area contributed by atoms with Crippen molar-refractivity contribution in [2.24, 2.45) is 8.73 Å². The lowest BCUT2D eigenvalue weighted by molar-refractivity contribution is 1.25. The predicted octanol–water partition coefficient (Wildman–Crippen LogP) is 5.93. The fourth-order valence-electron chi connectivity index (χ4n) is 1.74. The van der Waals surface area contributed by atoms with E-state index in [1.165, 1.54) is 0 Å². The van der Waals surface area contributed by atoms with Gasteiger partial charge in [0, 0.05) is 6.20 Å². The van der Waals surface area contributed by atoms with Crippen LogP contribution in [-0.4, -0.2) is 4.98 Å². The molecule has 0 unspecified atom stereocenters. The highest BCUT2D eigenvalue weighted by molar-refractivity contribution is 9.10. The highest BCUT2D eigenvalue weighted by atomic mass is 79.9. The molecule has 0 amide bonds. The van der Waals surface area contributed by atoms with Crippen LogP contribution in [0.5, 0.6) is 0 Å². The fraction of sp³-hybridized carbons (Fsp3) is 0.0833. The molecule has 0 fully saturated rings. The Morgan fingerprint density at radius 2 is 1.95 bits per heavy atom. The molecule has 1 aliphatic heterocycles. The molecule has 1 aromatic carbocycles. The Morgan fingerprint density at radius 1 is 1.20 bits per heavy atom. The van der Waals surface area contributed by atoms with Crippen LogP contribution >= 0.6 is 39.1 Å². The number of nitrogens with one attached hydrogen (secondary N) is 1. The highest BCUT2D eigenvalue weighted by Crippen LogP contribution is 2.48. The molecule has 102 valence electrons. The van der Waals surface area contributed by atoms with E-state index in [4.69, 9.17) is 23.2 Å². The Hall–Kier alpha value is -0.950. The molecule has 0 saturated heterocycles. The average molecular weight is 390 g/mol. The minimum Gasteiger partial charge on any atom is -0.336 e. The van der Waals surface area contributed by atoms with Gasteiger partial charge in [0.05, 0.1) is 31.6 Å². The van der Waals surface area contributed by atoms with Crippen LogP contribution in [0.25, 0.3) is 0 Å². The number of pyridine rings is 1. The first-order chi connectivity index (χ1) is 9.58. The molecule has 4 nitrogen and oxygen atoms in total. The third-order valence-electron chi connectivity index (χ3n) is 2.77. The van der Waals surface area contributed by atoms with E-state index in [9.17, 15) is 0 Å². The van der Waals surface area contributed by atoms with E-state index in [1.807, 2.05) is 13.0 Å². The molecule has 1 N–H and O–H groups in total. The maximum Gasteiger partial charge on any atom is 0.145 e. The van der Waals surface area contributed by atoms with E-state index in [1.54, 1.807) is 12.3 Å². The topological polar surface area (TPSA) is 49.6 Å². The molecule has 8 heteroatoms. The monoisotopic (exact) mass is 388 g/mol. The number of hydrogen-bond acceptors (Lipinski definition) is 4. The SMILES string of the molecule is Cc1ccnc(Nc2c(Cl)cc(Cl)c3c2N=S=N3)c1Br. The number of halogens is 3. The second-order valence-corrected chi connectivity index (χ2v) is 6.23. The summed E-state index contributed by atoms with van der Waals surface area (Å²) in [6, 6.07) is 3.57.